The molecule has 3 rings (SSSR count). The Kier molecular flexibility index (Phi) is 3.00. The van der Waals surface area contributed by atoms with Crippen LogP contribution in [0.5, 0.6) is 5.75 Å². The summed E-state index contributed by atoms with van der Waals surface area (Å²) in [7, 11) is 0. The van der Waals surface area contributed by atoms with Gasteiger partial charge in [-0.3, -0.25) is 4.79 Å². The molecule has 2 atom stereocenters. The lowest BCUT2D eigenvalue weighted by Gasteiger charge is -2.12. The number of rotatable bonds is 5. The van der Waals surface area contributed by atoms with Gasteiger partial charge in [0.05, 0.1) is 6.61 Å². The molecule has 0 bridgehead atoms. The maximum Gasteiger partial charge on any atom is 0.230 e. The van der Waals surface area contributed by atoms with Crippen LogP contribution < -0.4 is 10.1 Å². The summed E-state index contributed by atoms with van der Waals surface area (Å²) < 4.78 is 5.67. The van der Waals surface area contributed by atoms with Crippen LogP contribution >= 0.6 is 0 Å². The lowest BCUT2D eigenvalue weighted by molar-refractivity contribution is -0.121. The van der Waals surface area contributed by atoms with Crippen LogP contribution in [-0.2, 0) is 4.79 Å². The van der Waals surface area contributed by atoms with Gasteiger partial charge in [-0.25, -0.2) is 0 Å². The van der Waals surface area contributed by atoms with Gasteiger partial charge in [-0.05, 0) is 55.4 Å². The van der Waals surface area contributed by atoms with Crippen molar-refractivity contribution in [2.45, 2.75) is 33.1 Å². The molecule has 2 fully saturated rings. The minimum absolute atomic E-state index is 0.131. The molecule has 0 aromatic heterocycles. The largest absolute Gasteiger partial charge is 0.493 e. The van der Waals surface area contributed by atoms with E-state index in [0.717, 1.165) is 30.4 Å². The lowest BCUT2D eigenvalue weighted by Crippen LogP contribution is -2.22. The second-order valence-corrected chi connectivity index (χ2v) is 6.26. The van der Waals surface area contributed by atoms with Crippen LogP contribution in [0.2, 0.25) is 0 Å². The summed E-state index contributed by atoms with van der Waals surface area (Å²) in [6.07, 6.45) is 3.58. The van der Waals surface area contributed by atoms with E-state index < -0.39 is 0 Å². The third-order valence-corrected chi connectivity index (χ3v) is 4.47. The number of benzene rings is 1. The summed E-state index contributed by atoms with van der Waals surface area (Å²) in [4.78, 5) is 12.1. The molecule has 3 nitrogen and oxygen atoms in total. The van der Waals surface area contributed by atoms with Crippen molar-refractivity contribution in [2.75, 3.05) is 11.9 Å². The van der Waals surface area contributed by atoms with E-state index in [9.17, 15) is 4.79 Å². The quantitative estimate of drug-likeness (QED) is 0.879. The van der Waals surface area contributed by atoms with Crippen molar-refractivity contribution >= 4 is 11.6 Å². The Morgan fingerprint density at radius 3 is 2.53 bits per heavy atom. The molecule has 0 heterocycles. The molecule has 0 radical (unpaired) electrons. The van der Waals surface area contributed by atoms with Crippen LogP contribution in [0.4, 0.5) is 5.69 Å². The molecule has 3 heteroatoms. The number of anilines is 1. The fraction of sp³-hybridized carbons (Fsp3) is 0.562. The summed E-state index contributed by atoms with van der Waals surface area (Å²) in [6, 6.07) is 7.68. The molecule has 1 aromatic carbocycles. The summed E-state index contributed by atoms with van der Waals surface area (Å²) in [5, 5.41) is 2.98. The average Bonchev–Trinajstić information content (AvgIpc) is 3.29. The zero-order valence-electron chi connectivity index (χ0n) is 11.6. The second kappa shape index (κ2) is 4.55. The molecule has 2 aliphatic rings. The molecular formula is C16H21NO2. The van der Waals surface area contributed by atoms with Crippen molar-refractivity contribution in [2.24, 2.45) is 17.3 Å². The van der Waals surface area contributed by atoms with E-state index in [1.54, 1.807) is 0 Å². The Hall–Kier alpha value is -1.51. The van der Waals surface area contributed by atoms with Gasteiger partial charge in [-0.2, -0.15) is 0 Å². The highest BCUT2D eigenvalue weighted by Gasteiger charge is 2.52. The Balaban J connectivity index is 1.54. The average molecular weight is 259 g/mol. The number of amides is 1. The summed E-state index contributed by atoms with van der Waals surface area (Å²) in [5.41, 5.74) is 0.685. The molecule has 0 saturated heterocycles. The molecule has 1 N–H and O–H groups in total. The minimum Gasteiger partial charge on any atom is -0.493 e. The van der Waals surface area contributed by atoms with Crippen LogP contribution in [0.25, 0.3) is 0 Å². The van der Waals surface area contributed by atoms with E-state index in [0.29, 0.717) is 5.92 Å². The maximum absolute atomic E-state index is 12.1. The predicted octanol–water partition coefficient (Wildman–Crippen LogP) is 3.46. The van der Waals surface area contributed by atoms with Crippen molar-refractivity contribution in [3.63, 3.8) is 0 Å². The monoisotopic (exact) mass is 259 g/mol. The van der Waals surface area contributed by atoms with Gasteiger partial charge in [0.15, 0.2) is 0 Å². The summed E-state index contributed by atoms with van der Waals surface area (Å²) >= 11 is 0. The van der Waals surface area contributed by atoms with Gasteiger partial charge >= 0.3 is 0 Å². The number of hydrogen-bond donors (Lipinski definition) is 1. The topological polar surface area (TPSA) is 38.3 Å². The smallest absolute Gasteiger partial charge is 0.230 e. The van der Waals surface area contributed by atoms with E-state index in [-0.39, 0.29) is 11.3 Å². The Morgan fingerprint density at radius 2 is 2.00 bits per heavy atom. The molecule has 1 amide bonds. The molecule has 2 aliphatic carbocycles. The van der Waals surface area contributed by atoms with E-state index in [1.165, 1.54) is 12.8 Å². The van der Waals surface area contributed by atoms with E-state index in [4.69, 9.17) is 4.74 Å². The van der Waals surface area contributed by atoms with Gasteiger partial charge in [0, 0.05) is 11.1 Å². The Morgan fingerprint density at radius 1 is 1.37 bits per heavy atom. The number of ether oxygens (including phenoxy) is 1. The van der Waals surface area contributed by atoms with Crippen LogP contribution in [0, 0.1) is 17.3 Å². The van der Waals surface area contributed by atoms with Crippen LogP contribution in [-0.4, -0.2) is 12.5 Å². The number of hydrogen-bond acceptors (Lipinski definition) is 2. The van der Waals surface area contributed by atoms with Crippen LogP contribution in [0.1, 0.15) is 33.1 Å². The van der Waals surface area contributed by atoms with Gasteiger partial charge in [0.25, 0.3) is 0 Å². The van der Waals surface area contributed by atoms with Crippen molar-refractivity contribution < 1.29 is 9.53 Å². The number of carbonyl (C=O) groups excluding carboxylic acids is 1. The third-order valence-electron chi connectivity index (χ3n) is 4.47. The highest BCUT2D eigenvalue weighted by molar-refractivity contribution is 5.97. The van der Waals surface area contributed by atoms with E-state index in [1.807, 2.05) is 31.2 Å². The van der Waals surface area contributed by atoms with Crippen molar-refractivity contribution in [3.05, 3.63) is 24.3 Å². The number of carbonyl (C=O) groups is 1. The first kappa shape index (κ1) is 12.5. The van der Waals surface area contributed by atoms with Crippen molar-refractivity contribution in [1.29, 1.82) is 0 Å². The third kappa shape index (κ3) is 2.75. The highest BCUT2D eigenvalue weighted by Crippen LogP contribution is 2.52. The molecular weight excluding hydrogens is 238 g/mol. The van der Waals surface area contributed by atoms with Gasteiger partial charge in [-0.15, -0.1) is 0 Å². The Bertz CT molecular complexity index is 478. The first-order valence-electron chi connectivity index (χ1n) is 7.12. The van der Waals surface area contributed by atoms with E-state index in [2.05, 4.69) is 12.2 Å². The zero-order valence-corrected chi connectivity index (χ0v) is 11.6. The van der Waals surface area contributed by atoms with Gasteiger partial charge < -0.3 is 10.1 Å². The molecule has 19 heavy (non-hydrogen) atoms. The lowest BCUT2D eigenvalue weighted by atomic mass is 10.1. The Labute approximate surface area is 114 Å². The fourth-order valence-corrected chi connectivity index (χ4v) is 2.30. The fourth-order valence-electron chi connectivity index (χ4n) is 2.30. The standard InChI is InChI=1S/C16H21NO2/c1-11-9-16(11,2)15(18)17-13-5-7-14(8-6-13)19-10-12-3-4-12/h5-8,11-12H,3-4,9-10H2,1-2H3,(H,17,18). The first-order chi connectivity index (χ1) is 9.08. The van der Waals surface area contributed by atoms with Crippen molar-refractivity contribution in [3.8, 4) is 5.75 Å². The SMILES string of the molecule is CC1CC1(C)C(=O)Nc1ccc(OCC2CC2)cc1. The molecule has 0 spiro atoms. The van der Waals surface area contributed by atoms with Crippen LogP contribution in [0.3, 0.4) is 0 Å². The van der Waals surface area contributed by atoms with Gasteiger partial charge in [0.1, 0.15) is 5.75 Å². The molecule has 2 saturated carbocycles. The van der Waals surface area contributed by atoms with Crippen molar-refractivity contribution in [1.82, 2.24) is 0 Å². The molecule has 102 valence electrons. The highest BCUT2D eigenvalue weighted by atomic mass is 16.5. The summed E-state index contributed by atoms with van der Waals surface area (Å²) in [6.45, 7) is 4.97. The van der Waals surface area contributed by atoms with Gasteiger partial charge in [0.2, 0.25) is 5.91 Å². The second-order valence-electron chi connectivity index (χ2n) is 6.26. The number of nitrogens with one attached hydrogen (secondary N) is 1. The van der Waals surface area contributed by atoms with Gasteiger partial charge in [-0.1, -0.05) is 13.8 Å². The normalized spacial score (nSPS) is 28.8. The summed E-state index contributed by atoms with van der Waals surface area (Å²) in [5.74, 6) is 2.27. The maximum atomic E-state index is 12.1. The zero-order chi connectivity index (χ0) is 13.5. The molecule has 0 aliphatic heterocycles. The predicted molar refractivity (Wildman–Crippen MR) is 75.2 cm³/mol. The molecule has 1 aromatic rings. The minimum atomic E-state index is -0.166. The van der Waals surface area contributed by atoms with E-state index >= 15 is 0 Å². The first-order valence-corrected chi connectivity index (χ1v) is 7.12. The molecule has 2 unspecified atom stereocenters. The van der Waals surface area contributed by atoms with Crippen LogP contribution in [0.15, 0.2) is 24.3 Å².